The number of hydrogen-bond donors (Lipinski definition) is 1. The van der Waals surface area contributed by atoms with E-state index in [4.69, 9.17) is 0 Å². The summed E-state index contributed by atoms with van der Waals surface area (Å²) in [5.74, 6) is 5.98. The summed E-state index contributed by atoms with van der Waals surface area (Å²) in [5.41, 5.74) is 1.76. The lowest BCUT2D eigenvalue weighted by atomic mass is 9.95. The van der Waals surface area contributed by atoms with Crippen molar-refractivity contribution in [3.63, 3.8) is 0 Å². The molecular formula is C22H24N2O3. The molecule has 1 saturated carbocycles. The summed E-state index contributed by atoms with van der Waals surface area (Å²) in [5, 5.41) is 0. The van der Waals surface area contributed by atoms with E-state index >= 15 is 0 Å². The molecule has 27 heavy (non-hydrogen) atoms. The van der Waals surface area contributed by atoms with Gasteiger partial charge < -0.3 is 0 Å². The standard InChI is InChI=1S/C22H24N2O3/c1-13(2)18-19(20(25)17-11-14(3)10-15(4)12-17)24(22(27)23-21(18)26)9-5-6-16-7-8-16/h10-13,16H,7-9H2,1-4H3,(H,23,26,27). The van der Waals surface area contributed by atoms with Crippen molar-refractivity contribution in [3.05, 3.63) is 67.0 Å². The number of nitrogens with one attached hydrogen (secondary N) is 1. The van der Waals surface area contributed by atoms with Gasteiger partial charge in [-0.1, -0.05) is 42.9 Å². The van der Waals surface area contributed by atoms with Crippen LogP contribution in [0.4, 0.5) is 0 Å². The van der Waals surface area contributed by atoms with Crippen molar-refractivity contribution in [1.29, 1.82) is 0 Å². The molecule has 0 unspecified atom stereocenters. The van der Waals surface area contributed by atoms with Crippen LogP contribution < -0.4 is 11.2 Å². The average molecular weight is 364 g/mol. The molecule has 3 rings (SSSR count). The van der Waals surface area contributed by atoms with E-state index in [1.807, 2.05) is 33.8 Å². The van der Waals surface area contributed by atoms with Crippen LogP contribution in [-0.4, -0.2) is 15.3 Å². The number of aryl methyl sites for hydroxylation is 2. The fraction of sp³-hybridized carbons (Fsp3) is 0.409. The van der Waals surface area contributed by atoms with Gasteiger partial charge in [0.2, 0.25) is 5.78 Å². The van der Waals surface area contributed by atoms with Crippen LogP contribution in [-0.2, 0) is 6.54 Å². The minimum absolute atomic E-state index is 0.0949. The quantitative estimate of drug-likeness (QED) is 0.670. The number of ketones is 1. The summed E-state index contributed by atoms with van der Waals surface area (Å²) in [6.45, 7) is 7.61. The lowest BCUT2D eigenvalue weighted by Crippen LogP contribution is -2.37. The molecule has 0 saturated heterocycles. The van der Waals surface area contributed by atoms with E-state index in [2.05, 4.69) is 16.8 Å². The number of aromatic nitrogens is 2. The number of H-pyrrole nitrogens is 1. The minimum atomic E-state index is -0.595. The molecule has 0 atom stereocenters. The molecule has 1 aliphatic rings. The Labute approximate surface area is 158 Å². The molecule has 1 N–H and O–H groups in total. The molecule has 1 heterocycles. The average Bonchev–Trinajstić information content (AvgIpc) is 3.38. The highest BCUT2D eigenvalue weighted by Crippen LogP contribution is 2.27. The predicted octanol–water partition coefficient (Wildman–Crippen LogP) is 2.92. The second-order valence-corrected chi connectivity index (χ2v) is 7.56. The van der Waals surface area contributed by atoms with Gasteiger partial charge in [0.05, 0.1) is 6.54 Å². The molecule has 1 aromatic heterocycles. The van der Waals surface area contributed by atoms with Crippen molar-refractivity contribution >= 4 is 5.78 Å². The van der Waals surface area contributed by atoms with E-state index in [9.17, 15) is 14.4 Å². The number of aromatic amines is 1. The van der Waals surface area contributed by atoms with Crippen LogP contribution in [0, 0.1) is 31.6 Å². The van der Waals surface area contributed by atoms with Gasteiger partial charge >= 0.3 is 5.69 Å². The zero-order valence-electron chi connectivity index (χ0n) is 16.2. The maximum absolute atomic E-state index is 13.3. The SMILES string of the molecule is Cc1cc(C)cc(C(=O)c2c(C(C)C)c(=O)[nH]c(=O)n2CC#CC2CC2)c1. The molecule has 5 heteroatoms. The Hall–Kier alpha value is -2.87. The third-order valence-electron chi connectivity index (χ3n) is 4.63. The Morgan fingerprint density at radius 1 is 1.19 bits per heavy atom. The number of carbonyl (C=O) groups is 1. The van der Waals surface area contributed by atoms with Gasteiger partial charge in [0.25, 0.3) is 5.56 Å². The van der Waals surface area contributed by atoms with Crippen LogP contribution in [0.1, 0.15) is 65.3 Å². The van der Waals surface area contributed by atoms with Crippen LogP contribution in [0.3, 0.4) is 0 Å². The van der Waals surface area contributed by atoms with Crippen molar-refractivity contribution in [1.82, 2.24) is 9.55 Å². The van der Waals surface area contributed by atoms with E-state index < -0.39 is 11.2 Å². The van der Waals surface area contributed by atoms with Gasteiger partial charge in [0, 0.05) is 17.0 Å². The summed E-state index contributed by atoms with van der Waals surface area (Å²) in [7, 11) is 0. The molecule has 1 aliphatic carbocycles. The van der Waals surface area contributed by atoms with Crippen LogP contribution in [0.15, 0.2) is 27.8 Å². The number of carbonyl (C=O) groups excluding carboxylic acids is 1. The Balaban J connectivity index is 2.20. The number of benzene rings is 1. The predicted molar refractivity (Wildman–Crippen MR) is 105 cm³/mol. The number of rotatable bonds is 4. The first-order chi connectivity index (χ1) is 12.8. The topological polar surface area (TPSA) is 71.9 Å². The number of hydrogen-bond acceptors (Lipinski definition) is 3. The molecule has 0 radical (unpaired) electrons. The Morgan fingerprint density at radius 2 is 1.81 bits per heavy atom. The molecule has 1 fully saturated rings. The summed E-state index contributed by atoms with van der Waals surface area (Å²) in [6.07, 6.45) is 2.16. The van der Waals surface area contributed by atoms with E-state index in [0.29, 0.717) is 17.0 Å². The molecule has 1 aromatic carbocycles. The van der Waals surface area contributed by atoms with Gasteiger partial charge in [-0.15, -0.1) is 0 Å². The van der Waals surface area contributed by atoms with E-state index in [-0.39, 0.29) is 23.9 Å². The molecule has 0 amide bonds. The fourth-order valence-electron chi connectivity index (χ4n) is 3.26. The van der Waals surface area contributed by atoms with Gasteiger partial charge in [-0.05, 0) is 44.7 Å². The first-order valence-electron chi connectivity index (χ1n) is 9.26. The summed E-state index contributed by atoms with van der Waals surface area (Å²) >= 11 is 0. The van der Waals surface area contributed by atoms with Gasteiger partial charge in [0.15, 0.2) is 0 Å². The monoisotopic (exact) mass is 364 g/mol. The Bertz CT molecular complexity index is 1050. The normalized spacial score (nSPS) is 13.4. The molecule has 5 nitrogen and oxygen atoms in total. The molecule has 0 aliphatic heterocycles. The highest BCUT2D eigenvalue weighted by atomic mass is 16.2. The second-order valence-electron chi connectivity index (χ2n) is 7.56. The van der Waals surface area contributed by atoms with Gasteiger partial charge in [-0.2, -0.15) is 0 Å². The number of nitrogens with zero attached hydrogens (tertiary/aromatic N) is 1. The highest BCUT2D eigenvalue weighted by Gasteiger charge is 2.24. The lowest BCUT2D eigenvalue weighted by Gasteiger charge is -2.16. The summed E-state index contributed by atoms with van der Waals surface area (Å²) < 4.78 is 1.31. The van der Waals surface area contributed by atoms with Crippen LogP contribution in [0.5, 0.6) is 0 Å². The van der Waals surface area contributed by atoms with E-state index in [1.165, 1.54) is 4.57 Å². The van der Waals surface area contributed by atoms with E-state index in [0.717, 1.165) is 24.0 Å². The van der Waals surface area contributed by atoms with Crippen molar-refractivity contribution in [2.75, 3.05) is 0 Å². The lowest BCUT2D eigenvalue weighted by molar-refractivity contribution is 0.102. The molecule has 0 bridgehead atoms. The second kappa shape index (κ2) is 7.40. The van der Waals surface area contributed by atoms with E-state index in [1.54, 1.807) is 12.1 Å². The maximum atomic E-state index is 13.3. The first kappa shape index (κ1) is 18.9. The maximum Gasteiger partial charge on any atom is 0.329 e. The Morgan fingerprint density at radius 3 is 2.37 bits per heavy atom. The van der Waals surface area contributed by atoms with Crippen molar-refractivity contribution in [2.24, 2.45) is 5.92 Å². The van der Waals surface area contributed by atoms with Gasteiger partial charge in [-0.3, -0.25) is 19.1 Å². The van der Waals surface area contributed by atoms with Gasteiger partial charge in [-0.25, -0.2) is 4.79 Å². The first-order valence-corrected chi connectivity index (χ1v) is 9.26. The van der Waals surface area contributed by atoms with Gasteiger partial charge in [0.1, 0.15) is 5.69 Å². The van der Waals surface area contributed by atoms with Crippen molar-refractivity contribution in [3.8, 4) is 11.8 Å². The third kappa shape index (κ3) is 4.11. The summed E-state index contributed by atoms with van der Waals surface area (Å²) in [6, 6.07) is 5.54. The third-order valence-corrected chi connectivity index (χ3v) is 4.63. The van der Waals surface area contributed by atoms with Crippen molar-refractivity contribution < 1.29 is 4.79 Å². The highest BCUT2D eigenvalue weighted by molar-refractivity contribution is 6.09. The molecule has 140 valence electrons. The van der Waals surface area contributed by atoms with Crippen LogP contribution in [0.25, 0.3) is 0 Å². The smallest absolute Gasteiger partial charge is 0.287 e. The molecule has 2 aromatic rings. The minimum Gasteiger partial charge on any atom is -0.287 e. The fourth-order valence-corrected chi connectivity index (χ4v) is 3.26. The molecular weight excluding hydrogens is 340 g/mol. The van der Waals surface area contributed by atoms with Crippen molar-refractivity contribution in [2.45, 2.75) is 53.0 Å². The zero-order chi connectivity index (χ0) is 19.7. The summed E-state index contributed by atoms with van der Waals surface area (Å²) in [4.78, 5) is 40.6. The van der Waals surface area contributed by atoms with Crippen LogP contribution in [0.2, 0.25) is 0 Å². The Kier molecular flexibility index (Phi) is 5.18. The molecule has 0 spiro atoms. The largest absolute Gasteiger partial charge is 0.329 e. The zero-order valence-corrected chi connectivity index (χ0v) is 16.2. The van der Waals surface area contributed by atoms with Crippen LogP contribution >= 0.6 is 0 Å².